The molecular formula is C20H24FN3O4S. The predicted molar refractivity (Wildman–Crippen MR) is 109 cm³/mol. The van der Waals surface area contributed by atoms with Crippen LogP contribution in [0.4, 0.5) is 10.1 Å². The number of carbonyl (C=O) groups is 2. The Labute approximate surface area is 170 Å². The van der Waals surface area contributed by atoms with Gasteiger partial charge in [-0.1, -0.05) is 6.92 Å². The summed E-state index contributed by atoms with van der Waals surface area (Å²) in [7, 11) is -2.20. The van der Waals surface area contributed by atoms with Gasteiger partial charge in [-0.05, 0) is 61.9 Å². The van der Waals surface area contributed by atoms with Crippen LogP contribution in [0.3, 0.4) is 0 Å². The first-order chi connectivity index (χ1) is 13.6. The predicted octanol–water partition coefficient (Wildman–Crippen LogP) is 2.61. The van der Waals surface area contributed by atoms with Crippen molar-refractivity contribution in [3.8, 4) is 0 Å². The van der Waals surface area contributed by atoms with Gasteiger partial charge in [-0.25, -0.2) is 17.5 Å². The molecule has 0 spiro atoms. The number of anilines is 1. The van der Waals surface area contributed by atoms with E-state index in [4.69, 9.17) is 0 Å². The van der Waals surface area contributed by atoms with Gasteiger partial charge in [-0.2, -0.15) is 0 Å². The van der Waals surface area contributed by atoms with Crippen molar-refractivity contribution in [3.05, 3.63) is 59.9 Å². The number of halogens is 1. The number of hydrogen-bond acceptors (Lipinski definition) is 4. The number of likely N-dealkylation sites (N-methyl/N-ethyl adjacent to an activating group) is 1. The van der Waals surface area contributed by atoms with Crippen LogP contribution in [-0.2, 0) is 14.8 Å². The summed E-state index contributed by atoms with van der Waals surface area (Å²) < 4.78 is 40.0. The summed E-state index contributed by atoms with van der Waals surface area (Å²) in [6, 6.07) is 10.6. The largest absolute Gasteiger partial charge is 0.332 e. The van der Waals surface area contributed by atoms with E-state index < -0.39 is 27.7 Å². The third-order valence-electron chi connectivity index (χ3n) is 4.24. The maximum Gasteiger partial charge on any atom is 0.254 e. The molecule has 0 fully saturated rings. The molecule has 0 aliphatic rings. The van der Waals surface area contributed by atoms with Crippen LogP contribution in [-0.4, -0.2) is 44.8 Å². The zero-order valence-electron chi connectivity index (χ0n) is 16.5. The van der Waals surface area contributed by atoms with E-state index in [0.717, 1.165) is 0 Å². The van der Waals surface area contributed by atoms with Crippen molar-refractivity contribution in [2.75, 3.05) is 18.9 Å². The Morgan fingerprint density at radius 1 is 1.07 bits per heavy atom. The van der Waals surface area contributed by atoms with E-state index in [9.17, 15) is 22.4 Å². The van der Waals surface area contributed by atoms with Crippen LogP contribution in [0, 0.1) is 5.82 Å². The highest BCUT2D eigenvalue weighted by atomic mass is 32.2. The second-order valence-electron chi connectivity index (χ2n) is 6.67. The smallest absolute Gasteiger partial charge is 0.254 e. The van der Waals surface area contributed by atoms with E-state index in [0.29, 0.717) is 12.1 Å². The van der Waals surface area contributed by atoms with Crippen LogP contribution in [0.5, 0.6) is 0 Å². The molecular weight excluding hydrogens is 397 g/mol. The summed E-state index contributed by atoms with van der Waals surface area (Å²) in [5.74, 6) is -1.29. The molecule has 29 heavy (non-hydrogen) atoms. The lowest BCUT2D eigenvalue weighted by atomic mass is 10.2. The van der Waals surface area contributed by atoms with Gasteiger partial charge in [0, 0.05) is 24.3 Å². The fourth-order valence-electron chi connectivity index (χ4n) is 2.43. The molecule has 7 nitrogen and oxygen atoms in total. The number of nitrogens with zero attached hydrogens (tertiary/aromatic N) is 1. The van der Waals surface area contributed by atoms with Crippen LogP contribution in [0.2, 0.25) is 0 Å². The summed E-state index contributed by atoms with van der Waals surface area (Å²) in [4.78, 5) is 25.8. The number of sulfonamides is 1. The van der Waals surface area contributed by atoms with Gasteiger partial charge in [0.05, 0.1) is 11.4 Å². The van der Waals surface area contributed by atoms with Crippen molar-refractivity contribution < 1.29 is 22.4 Å². The number of amides is 2. The van der Waals surface area contributed by atoms with Crippen molar-refractivity contribution >= 4 is 27.5 Å². The van der Waals surface area contributed by atoms with E-state index in [2.05, 4.69) is 10.0 Å². The molecule has 0 aromatic heterocycles. The zero-order chi connectivity index (χ0) is 21.6. The Morgan fingerprint density at radius 2 is 1.66 bits per heavy atom. The maximum atomic E-state index is 12.9. The maximum absolute atomic E-state index is 12.9. The minimum Gasteiger partial charge on any atom is -0.332 e. The molecule has 0 saturated heterocycles. The first-order valence-electron chi connectivity index (χ1n) is 9.05. The molecule has 0 aliphatic heterocycles. The summed E-state index contributed by atoms with van der Waals surface area (Å²) in [6.45, 7) is 3.42. The molecule has 0 heterocycles. The fraction of sp³-hybridized carbons (Fsp3) is 0.300. The van der Waals surface area contributed by atoms with Crippen LogP contribution >= 0.6 is 0 Å². The van der Waals surface area contributed by atoms with Crippen molar-refractivity contribution in [2.45, 2.75) is 31.2 Å². The molecule has 0 aliphatic carbocycles. The van der Waals surface area contributed by atoms with Crippen LogP contribution < -0.4 is 10.0 Å². The van der Waals surface area contributed by atoms with E-state index in [1.807, 2.05) is 6.92 Å². The lowest BCUT2D eigenvalue weighted by Gasteiger charge is -2.17. The number of carbonyl (C=O) groups excluding carboxylic acids is 2. The van der Waals surface area contributed by atoms with Crippen molar-refractivity contribution in [1.29, 1.82) is 0 Å². The van der Waals surface area contributed by atoms with E-state index in [1.165, 1.54) is 60.5 Å². The van der Waals surface area contributed by atoms with Crippen LogP contribution in [0.25, 0.3) is 0 Å². The standard InChI is InChI=1S/C20H24FN3O4S/c1-4-14(2)23-29(27,28)18-11-5-15(6-12-18)20(26)24(3)13-19(25)22-17-9-7-16(21)8-10-17/h5-12,14,23H,4,13H2,1-3H3,(H,22,25)/t14-/m0/s1. The van der Waals surface area contributed by atoms with Crippen LogP contribution in [0.15, 0.2) is 53.4 Å². The monoisotopic (exact) mass is 421 g/mol. The molecule has 2 N–H and O–H groups in total. The Morgan fingerprint density at radius 3 is 2.21 bits per heavy atom. The molecule has 9 heteroatoms. The van der Waals surface area contributed by atoms with E-state index >= 15 is 0 Å². The first-order valence-corrected chi connectivity index (χ1v) is 10.5. The highest BCUT2D eigenvalue weighted by molar-refractivity contribution is 7.89. The molecule has 0 unspecified atom stereocenters. The normalized spacial score (nSPS) is 12.3. The Kier molecular flexibility index (Phi) is 7.46. The Hall–Kier alpha value is -2.78. The highest BCUT2D eigenvalue weighted by Crippen LogP contribution is 2.13. The third kappa shape index (κ3) is 6.37. The molecule has 0 bridgehead atoms. The van der Waals surface area contributed by atoms with E-state index in [-0.39, 0.29) is 23.0 Å². The topological polar surface area (TPSA) is 95.6 Å². The molecule has 0 radical (unpaired) electrons. The van der Waals surface area contributed by atoms with Gasteiger partial charge < -0.3 is 10.2 Å². The molecule has 0 saturated carbocycles. The zero-order valence-corrected chi connectivity index (χ0v) is 17.3. The Bertz CT molecular complexity index is 960. The van der Waals surface area contributed by atoms with Gasteiger partial charge in [-0.15, -0.1) is 0 Å². The summed E-state index contributed by atoms with van der Waals surface area (Å²) in [5, 5.41) is 2.57. The molecule has 2 amide bonds. The van der Waals surface area contributed by atoms with Crippen molar-refractivity contribution in [2.24, 2.45) is 0 Å². The lowest BCUT2D eigenvalue weighted by molar-refractivity contribution is -0.116. The van der Waals surface area contributed by atoms with Gasteiger partial charge in [0.15, 0.2) is 0 Å². The van der Waals surface area contributed by atoms with Crippen LogP contribution in [0.1, 0.15) is 30.6 Å². The minimum atomic E-state index is -3.66. The third-order valence-corrected chi connectivity index (χ3v) is 5.84. The molecule has 1 atom stereocenters. The van der Waals surface area contributed by atoms with Crippen molar-refractivity contribution in [1.82, 2.24) is 9.62 Å². The summed E-state index contributed by atoms with van der Waals surface area (Å²) >= 11 is 0. The molecule has 2 aromatic rings. The van der Waals surface area contributed by atoms with Gasteiger partial charge >= 0.3 is 0 Å². The average Bonchev–Trinajstić information content (AvgIpc) is 2.68. The SMILES string of the molecule is CC[C@H](C)NS(=O)(=O)c1ccc(C(=O)N(C)CC(=O)Nc2ccc(F)cc2)cc1. The fourth-order valence-corrected chi connectivity index (χ4v) is 3.76. The second-order valence-corrected chi connectivity index (χ2v) is 8.39. The Balaban J connectivity index is 2.00. The minimum absolute atomic E-state index is 0.0612. The van der Waals surface area contributed by atoms with Gasteiger partial charge in [0.25, 0.3) is 5.91 Å². The quantitative estimate of drug-likeness (QED) is 0.685. The summed E-state index contributed by atoms with van der Waals surface area (Å²) in [5.41, 5.74) is 0.671. The van der Waals surface area contributed by atoms with Gasteiger partial charge in [0.1, 0.15) is 5.82 Å². The number of benzene rings is 2. The summed E-state index contributed by atoms with van der Waals surface area (Å²) in [6.07, 6.45) is 0.653. The second kappa shape index (κ2) is 9.62. The molecule has 156 valence electrons. The van der Waals surface area contributed by atoms with Gasteiger partial charge in [0.2, 0.25) is 15.9 Å². The first kappa shape index (κ1) is 22.5. The molecule has 2 aromatic carbocycles. The number of hydrogen-bond donors (Lipinski definition) is 2. The molecule has 2 rings (SSSR count). The highest BCUT2D eigenvalue weighted by Gasteiger charge is 2.19. The average molecular weight is 421 g/mol. The van der Waals surface area contributed by atoms with E-state index in [1.54, 1.807) is 6.92 Å². The van der Waals surface area contributed by atoms with Gasteiger partial charge in [-0.3, -0.25) is 9.59 Å². The number of rotatable bonds is 8. The lowest BCUT2D eigenvalue weighted by Crippen LogP contribution is -2.35. The number of nitrogens with one attached hydrogen (secondary N) is 2. The van der Waals surface area contributed by atoms with Crippen molar-refractivity contribution in [3.63, 3.8) is 0 Å².